The molecule has 0 aromatic heterocycles. The monoisotopic (exact) mass is 465 g/mol. The van der Waals surface area contributed by atoms with Crippen molar-refractivity contribution in [3.63, 3.8) is 0 Å². The lowest BCUT2D eigenvalue weighted by molar-refractivity contribution is 0.131. The predicted molar refractivity (Wildman–Crippen MR) is 115 cm³/mol. The van der Waals surface area contributed by atoms with Crippen LogP contribution in [-0.4, -0.2) is 46.5 Å². The second-order valence-corrected chi connectivity index (χ2v) is 5.75. The van der Waals surface area contributed by atoms with Crippen LogP contribution in [0, 0.1) is 5.92 Å². The number of rotatable bonds is 10. The molecule has 2 N–H and O–H groups in total. The van der Waals surface area contributed by atoms with Gasteiger partial charge in [0.1, 0.15) is 0 Å². The fourth-order valence-electron chi connectivity index (χ4n) is 2.00. The summed E-state index contributed by atoms with van der Waals surface area (Å²) in [4.78, 5) is 4.52. The number of anilines is 1. The third-order valence-corrected chi connectivity index (χ3v) is 3.34. The van der Waals surface area contributed by atoms with Crippen LogP contribution in [0.25, 0.3) is 0 Å². The number of nitrogens with one attached hydrogen (secondary N) is 2. The molecule has 0 fully saturated rings. The molecule has 0 atom stereocenters. The summed E-state index contributed by atoms with van der Waals surface area (Å²) in [5.41, 5.74) is 0.882. The second kappa shape index (κ2) is 14.0. The number of halogens is 1. The van der Waals surface area contributed by atoms with Gasteiger partial charge in [0.25, 0.3) is 0 Å². The van der Waals surface area contributed by atoms with Gasteiger partial charge in [-0.3, -0.25) is 4.99 Å². The van der Waals surface area contributed by atoms with E-state index in [4.69, 9.17) is 14.2 Å². The highest BCUT2D eigenvalue weighted by molar-refractivity contribution is 14.0. The molecule has 1 aromatic rings. The molecular weight excluding hydrogens is 433 g/mol. The first kappa shape index (κ1) is 23.8. The van der Waals surface area contributed by atoms with Crippen LogP contribution >= 0.6 is 24.0 Å². The highest BCUT2D eigenvalue weighted by atomic mass is 127. The van der Waals surface area contributed by atoms with Crippen LogP contribution in [0.15, 0.2) is 23.2 Å². The minimum Gasteiger partial charge on any atom is -0.493 e. The fourth-order valence-corrected chi connectivity index (χ4v) is 2.00. The van der Waals surface area contributed by atoms with Crippen molar-refractivity contribution in [1.82, 2.24) is 5.32 Å². The topological polar surface area (TPSA) is 64.1 Å². The van der Waals surface area contributed by atoms with Crippen molar-refractivity contribution in [2.45, 2.75) is 27.2 Å². The molecule has 0 saturated heterocycles. The Morgan fingerprint density at radius 1 is 1.12 bits per heavy atom. The quantitative estimate of drug-likeness (QED) is 0.239. The number of nitrogens with zero attached hydrogens (tertiary/aromatic N) is 1. The van der Waals surface area contributed by atoms with E-state index >= 15 is 0 Å². The SMILES string of the molecule is CCNC(=NCCOCCC(C)C)Nc1ccc(OC)c(OC)c1.I. The molecule has 0 bridgehead atoms. The van der Waals surface area contributed by atoms with E-state index in [2.05, 4.69) is 29.5 Å². The largest absolute Gasteiger partial charge is 0.493 e. The minimum atomic E-state index is 0. The Morgan fingerprint density at radius 3 is 2.44 bits per heavy atom. The molecule has 0 aliphatic heterocycles. The van der Waals surface area contributed by atoms with Gasteiger partial charge in [-0.15, -0.1) is 24.0 Å². The van der Waals surface area contributed by atoms with Gasteiger partial charge in [0.2, 0.25) is 0 Å². The van der Waals surface area contributed by atoms with E-state index in [1.54, 1.807) is 14.2 Å². The summed E-state index contributed by atoms with van der Waals surface area (Å²) >= 11 is 0. The second-order valence-electron chi connectivity index (χ2n) is 5.75. The van der Waals surface area contributed by atoms with Crippen molar-refractivity contribution in [1.29, 1.82) is 0 Å². The first-order valence-electron chi connectivity index (χ1n) is 8.45. The molecule has 7 heteroatoms. The highest BCUT2D eigenvalue weighted by Crippen LogP contribution is 2.29. The Balaban J connectivity index is 0.00000576. The normalized spacial score (nSPS) is 11.0. The van der Waals surface area contributed by atoms with Gasteiger partial charge in [-0.1, -0.05) is 13.8 Å². The minimum absolute atomic E-state index is 0. The maximum Gasteiger partial charge on any atom is 0.195 e. The molecule has 0 aliphatic rings. The van der Waals surface area contributed by atoms with Crippen LogP contribution in [0.3, 0.4) is 0 Å². The van der Waals surface area contributed by atoms with Gasteiger partial charge in [0.05, 0.1) is 27.4 Å². The number of hydrogen-bond acceptors (Lipinski definition) is 4. The average molecular weight is 465 g/mol. The summed E-state index contributed by atoms with van der Waals surface area (Å²) in [6, 6.07) is 5.66. The molecule has 0 saturated carbocycles. The van der Waals surface area contributed by atoms with Crippen LogP contribution in [0.1, 0.15) is 27.2 Å². The van der Waals surface area contributed by atoms with Crippen molar-refractivity contribution in [2.24, 2.45) is 10.9 Å². The number of ether oxygens (including phenoxy) is 3. The van der Waals surface area contributed by atoms with Crippen molar-refractivity contribution in [3.05, 3.63) is 18.2 Å². The van der Waals surface area contributed by atoms with Crippen molar-refractivity contribution < 1.29 is 14.2 Å². The maximum atomic E-state index is 5.59. The summed E-state index contributed by atoms with van der Waals surface area (Å²) in [5.74, 6) is 2.76. The molecular formula is C18H32IN3O3. The zero-order valence-corrected chi connectivity index (χ0v) is 18.3. The molecule has 1 aromatic carbocycles. The standard InChI is InChI=1S/C18H31N3O3.HI/c1-6-19-18(20-10-12-24-11-9-14(2)3)21-15-7-8-16(22-4)17(13-15)23-5;/h7-8,13-14H,6,9-12H2,1-5H3,(H2,19,20,21);1H. The van der Waals surface area contributed by atoms with Crippen LogP contribution in [0.2, 0.25) is 0 Å². The van der Waals surface area contributed by atoms with Gasteiger partial charge in [0.15, 0.2) is 17.5 Å². The molecule has 0 aliphatic carbocycles. The molecule has 25 heavy (non-hydrogen) atoms. The van der Waals surface area contributed by atoms with Gasteiger partial charge in [-0.25, -0.2) is 0 Å². The Labute approximate surface area is 168 Å². The van der Waals surface area contributed by atoms with Gasteiger partial charge < -0.3 is 24.8 Å². The lowest BCUT2D eigenvalue weighted by atomic mass is 10.1. The first-order chi connectivity index (χ1) is 11.6. The summed E-state index contributed by atoms with van der Waals surface area (Å²) in [7, 11) is 3.24. The van der Waals surface area contributed by atoms with E-state index in [1.807, 2.05) is 25.1 Å². The molecule has 0 heterocycles. The fraction of sp³-hybridized carbons (Fsp3) is 0.611. The molecule has 0 spiro atoms. The molecule has 0 amide bonds. The Hall–Kier alpha value is -1.22. The van der Waals surface area contributed by atoms with Gasteiger partial charge in [-0.05, 0) is 31.4 Å². The number of aliphatic imine (C=N–C) groups is 1. The molecule has 0 unspecified atom stereocenters. The van der Waals surface area contributed by atoms with E-state index in [9.17, 15) is 0 Å². The average Bonchev–Trinajstić information content (AvgIpc) is 2.57. The predicted octanol–water partition coefficient (Wildman–Crippen LogP) is 3.76. The van der Waals surface area contributed by atoms with E-state index in [0.717, 1.165) is 31.2 Å². The highest BCUT2D eigenvalue weighted by Gasteiger charge is 2.06. The Kier molecular flexibility index (Phi) is 13.3. The van der Waals surface area contributed by atoms with Crippen LogP contribution in [0.5, 0.6) is 11.5 Å². The lowest BCUT2D eigenvalue weighted by Crippen LogP contribution is -2.31. The Bertz CT molecular complexity index is 510. The number of benzene rings is 1. The molecule has 1 rings (SSSR count). The molecule has 0 radical (unpaired) electrons. The van der Waals surface area contributed by atoms with Crippen molar-refractivity contribution >= 4 is 35.6 Å². The van der Waals surface area contributed by atoms with Gasteiger partial charge in [0, 0.05) is 24.9 Å². The summed E-state index contributed by atoms with van der Waals surface area (Å²) in [6.07, 6.45) is 1.08. The smallest absolute Gasteiger partial charge is 0.195 e. The Morgan fingerprint density at radius 2 is 1.84 bits per heavy atom. The zero-order chi connectivity index (χ0) is 17.8. The number of methoxy groups -OCH3 is 2. The summed E-state index contributed by atoms with van der Waals surface area (Å²) < 4.78 is 16.2. The maximum absolute atomic E-state index is 5.59. The number of guanidine groups is 1. The van der Waals surface area contributed by atoms with E-state index in [0.29, 0.717) is 30.6 Å². The third-order valence-electron chi connectivity index (χ3n) is 3.34. The van der Waals surface area contributed by atoms with Crippen LogP contribution in [0.4, 0.5) is 5.69 Å². The number of hydrogen-bond donors (Lipinski definition) is 2. The van der Waals surface area contributed by atoms with Crippen molar-refractivity contribution in [2.75, 3.05) is 45.8 Å². The third kappa shape index (κ3) is 9.74. The van der Waals surface area contributed by atoms with Crippen LogP contribution < -0.4 is 20.1 Å². The van der Waals surface area contributed by atoms with Gasteiger partial charge in [-0.2, -0.15) is 0 Å². The summed E-state index contributed by atoms with van der Waals surface area (Å²) in [6.45, 7) is 9.22. The van der Waals surface area contributed by atoms with Crippen molar-refractivity contribution in [3.8, 4) is 11.5 Å². The van der Waals surface area contributed by atoms with E-state index in [-0.39, 0.29) is 24.0 Å². The van der Waals surface area contributed by atoms with E-state index in [1.165, 1.54) is 0 Å². The molecule has 144 valence electrons. The lowest BCUT2D eigenvalue weighted by Gasteiger charge is -2.14. The molecule has 6 nitrogen and oxygen atoms in total. The van der Waals surface area contributed by atoms with Crippen LogP contribution in [-0.2, 0) is 4.74 Å². The van der Waals surface area contributed by atoms with E-state index < -0.39 is 0 Å². The summed E-state index contributed by atoms with van der Waals surface area (Å²) in [5, 5.41) is 6.48. The van der Waals surface area contributed by atoms with Gasteiger partial charge >= 0.3 is 0 Å². The first-order valence-corrected chi connectivity index (χ1v) is 8.45. The zero-order valence-electron chi connectivity index (χ0n) is 15.9.